The molecule has 1 aliphatic carbocycles. The van der Waals surface area contributed by atoms with Crippen molar-refractivity contribution in [1.29, 1.82) is 0 Å². The van der Waals surface area contributed by atoms with Crippen LogP contribution >= 0.6 is 0 Å². The van der Waals surface area contributed by atoms with Gasteiger partial charge in [-0.15, -0.1) is 0 Å². The molecule has 0 atom stereocenters. The third-order valence-electron chi connectivity index (χ3n) is 4.97. The van der Waals surface area contributed by atoms with Crippen LogP contribution < -0.4 is 4.90 Å². The number of anilines is 1. The second-order valence-corrected chi connectivity index (χ2v) is 7.29. The van der Waals surface area contributed by atoms with Crippen LogP contribution in [-0.4, -0.2) is 47.0 Å². The molecule has 0 spiro atoms. The van der Waals surface area contributed by atoms with E-state index in [4.69, 9.17) is 0 Å². The average Bonchev–Trinajstić information content (AvgIpc) is 3.01. The standard InChI is InChI=1S/C18H28N4O/c1-13(2)18-19-14(3)10-16(20-18)21-8-9-22(17(23)12-21)11-15-6-4-5-7-15/h10,13,15H,4-9,11-12H2,1-3H3. The lowest BCUT2D eigenvalue weighted by atomic mass is 10.1. The van der Waals surface area contributed by atoms with Crippen LogP contribution in [0.3, 0.4) is 0 Å². The minimum Gasteiger partial charge on any atom is -0.345 e. The first kappa shape index (κ1) is 16.2. The van der Waals surface area contributed by atoms with Crippen LogP contribution in [0.1, 0.15) is 57.0 Å². The molecular formula is C18H28N4O. The molecule has 1 aliphatic heterocycles. The number of aromatic nitrogens is 2. The van der Waals surface area contributed by atoms with Gasteiger partial charge in [-0.3, -0.25) is 4.79 Å². The fourth-order valence-electron chi connectivity index (χ4n) is 3.60. The molecule has 126 valence electrons. The summed E-state index contributed by atoms with van der Waals surface area (Å²) in [4.78, 5) is 25.8. The predicted octanol–water partition coefficient (Wildman–Crippen LogP) is 2.75. The minimum atomic E-state index is 0.241. The number of carbonyl (C=O) groups excluding carboxylic acids is 1. The number of piperazine rings is 1. The molecule has 1 aromatic heterocycles. The zero-order valence-electron chi connectivity index (χ0n) is 14.6. The Morgan fingerprint density at radius 2 is 1.96 bits per heavy atom. The fraction of sp³-hybridized carbons (Fsp3) is 0.722. The van der Waals surface area contributed by atoms with E-state index in [2.05, 4.69) is 33.6 Å². The highest BCUT2D eigenvalue weighted by Gasteiger charge is 2.28. The normalized spacial score (nSPS) is 19.9. The van der Waals surface area contributed by atoms with Crippen molar-refractivity contribution in [1.82, 2.24) is 14.9 Å². The molecule has 3 rings (SSSR count). The Labute approximate surface area is 139 Å². The van der Waals surface area contributed by atoms with Crippen molar-refractivity contribution in [2.24, 2.45) is 5.92 Å². The van der Waals surface area contributed by atoms with Crippen molar-refractivity contribution in [3.63, 3.8) is 0 Å². The Hall–Kier alpha value is -1.65. The maximum absolute atomic E-state index is 12.5. The summed E-state index contributed by atoms with van der Waals surface area (Å²) in [6.07, 6.45) is 5.24. The van der Waals surface area contributed by atoms with Crippen molar-refractivity contribution in [3.05, 3.63) is 17.6 Å². The topological polar surface area (TPSA) is 49.3 Å². The number of hydrogen-bond acceptors (Lipinski definition) is 4. The molecule has 5 heteroatoms. The molecule has 2 aliphatic rings. The van der Waals surface area contributed by atoms with Crippen molar-refractivity contribution >= 4 is 11.7 Å². The van der Waals surface area contributed by atoms with Crippen molar-refractivity contribution < 1.29 is 4.79 Å². The zero-order valence-corrected chi connectivity index (χ0v) is 14.6. The van der Waals surface area contributed by atoms with Gasteiger partial charge in [-0.05, 0) is 25.7 Å². The summed E-state index contributed by atoms with van der Waals surface area (Å²) in [6, 6.07) is 1.99. The van der Waals surface area contributed by atoms with Gasteiger partial charge in [0.1, 0.15) is 11.6 Å². The Morgan fingerprint density at radius 1 is 1.22 bits per heavy atom. The van der Waals surface area contributed by atoms with Gasteiger partial charge in [-0.25, -0.2) is 9.97 Å². The predicted molar refractivity (Wildman–Crippen MR) is 91.6 cm³/mol. The Kier molecular flexibility index (Phi) is 4.83. The van der Waals surface area contributed by atoms with Crippen LogP contribution in [0.15, 0.2) is 6.07 Å². The number of carbonyl (C=O) groups is 1. The summed E-state index contributed by atoms with van der Waals surface area (Å²) in [6.45, 7) is 9.27. The van der Waals surface area contributed by atoms with Gasteiger partial charge in [0.15, 0.2) is 0 Å². The number of amides is 1. The van der Waals surface area contributed by atoms with Gasteiger partial charge in [-0.2, -0.15) is 0 Å². The number of aryl methyl sites for hydroxylation is 1. The highest BCUT2D eigenvalue weighted by atomic mass is 16.2. The first-order valence-electron chi connectivity index (χ1n) is 8.91. The monoisotopic (exact) mass is 316 g/mol. The van der Waals surface area contributed by atoms with Crippen molar-refractivity contribution in [2.75, 3.05) is 31.1 Å². The SMILES string of the molecule is Cc1cc(N2CCN(CC3CCCC3)C(=O)C2)nc(C(C)C)n1. The van der Waals surface area contributed by atoms with Gasteiger partial charge in [0.25, 0.3) is 0 Å². The molecule has 0 unspecified atom stereocenters. The third-order valence-corrected chi connectivity index (χ3v) is 4.97. The van der Waals surface area contributed by atoms with Gasteiger partial charge in [0.2, 0.25) is 5.91 Å². The van der Waals surface area contributed by atoms with Crippen LogP contribution in [0.4, 0.5) is 5.82 Å². The maximum Gasteiger partial charge on any atom is 0.242 e. The Morgan fingerprint density at radius 3 is 2.61 bits per heavy atom. The quantitative estimate of drug-likeness (QED) is 0.857. The maximum atomic E-state index is 12.5. The molecule has 23 heavy (non-hydrogen) atoms. The second-order valence-electron chi connectivity index (χ2n) is 7.29. The van der Waals surface area contributed by atoms with E-state index in [1.165, 1.54) is 25.7 Å². The van der Waals surface area contributed by atoms with Crippen LogP contribution in [0, 0.1) is 12.8 Å². The molecule has 1 amide bonds. The average molecular weight is 316 g/mol. The molecule has 1 saturated heterocycles. The van der Waals surface area contributed by atoms with Crippen LogP contribution in [0.25, 0.3) is 0 Å². The first-order valence-corrected chi connectivity index (χ1v) is 8.91. The fourth-order valence-corrected chi connectivity index (χ4v) is 3.60. The van der Waals surface area contributed by atoms with E-state index in [1.54, 1.807) is 0 Å². The molecule has 2 fully saturated rings. The molecular weight excluding hydrogens is 288 g/mol. The molecule has 0 radical (unpaired) electrons. The smallest absolute Gasteiger partial charge is 0.242 e. The van der Waals surface area contributed by atoms with E-state index in [0.29, 0.717) is 12.5 Å². The molecule has 0 bridgehead atoms. The van der Waals surface area contributed by atoms with Crippen LogP contribution in [0.2, 0.25) is 0 Å². The van der Waals surface area contributed by atoms with E-state index in [0.717, 1.165) is 42.9 Å². The van der Waals surface area contributed by atoms with E-state index >= 15 is 0 Å². The zero-order chi connectivity index (χ0) is 16.4. The van der Waals surface area contributed by atoms with E-state index in [1.807, 2.05) is 13.0 Å². The van der Waals surface area contributed by atoms with Gasteiger partial charge in [-0.1, -0.05) is 26.7 Å². The van der Waals surface area contributed by atoms with Crippen molar-refractivity contribution in [2.45, 2.75) is 52.4 Å². The third kappa shape index (κ3) is 3.82. The summed E-state index contributed by atoms with van der Waals surface area (Å²) >= 11 is 0. The number of nitrogens with zero attached hydrogens (tertiary/aromatic N) is 4. The van der Waals surface area contributed by atoms with Gasteiger partial charge in [0.05, 0.1) is 6.54 Å². The number of hydrogen-bond donors (Lipinski definition) is 0. The minimum absolute atomic E-state index is 0.241. The van der Waals surface area contributed by atoms with Gasteiger partial charge >= 0.3 is 0 Å². The van der Waals surface area contributed by atoms with Gasteiger partial charge < -0.3 is 9.80 Å². The molecule has 1 aromatic rings. The molecule has 0 N–H and O–H groups in total. The molecule has 0 aromatic carbocycles. The second kappa shape index (κ2) is 6.85. The van der Waals surface area contributed by atoms with Crippen LogP contribution in [0.5, 0.6) is 0 Å². The molecule has 5 nitrogen and oxygen atoms in total. The van der Waals surface area contributed by atoms with Crippen molar-refractivity contribution in [3.8, 4) is 0 Å². The number of rotatable bonds is 4. The summed E-state index contributed by atoms with van der Waals surface area (Å²) in [7, 11) is 0. The van der Waals surface area contributed by atoms with E-state index in [9.17, 15) is 4.79 Å². The van der Waals surface area contributed by atoms with E-state index in [-0.39, 0.29) is 5.91 Å². The molecule has 1 saturated carbocycles. The molecule has 2 heterocycles. The summed E-state index contributed by atoms with van der Waals surface area (Å²) in [5.74, 6) is 3.02. The highest BCUT2D eigenvalue weighted by molar-refractivity contribution is 5.82. The highest BCUT2D eigenvalue weighted by Crippen LogP contribution is 2.26. The summed E-state index contributed by atoms with van der Waals surface area (Å²) < 4.78 is 0. The summed E-state index contributed by atoms with van der Waals surface area (Å²) in [5, 5.41) is 0. The lowest BCUT2D eigenvalue weighted by Gasteiger charge is -2.36. The first-order chi connectivity index (χ1) is 11.0. The van der Waals surface area contributed by atoms with E-state index < -0.39 is 0 Å². The van der Waals surface area contributed by atoms with Crippen LogP contribution in [-0.2, 0) is 4.79 Å². The lowest BCUT2D eigenvalue weighted by Crippen LogP contribution is -2.51. The van der Waals surface area contributed by atoms with Gasteiger partial charge in [0, 0.05) is 37.3 Å². The Bertz CT molecular complexity index is 566. The lowest BCUT2D eigenvalue weighted by molar-refractivity contribution is -0.131. The largest absolute Gasteiger partial charge is 0.345 e. The summed E-state index contributed by atoms with van der Waals surface area (Å²) in [5.41, 5.74) is 0.972. The Balaban J connectivity index is 1.66.